The van der Waals surface area contributed by atoms with Crippen LogP contribution in [0.3, 0.4) is 0 Å². The summed E-state index contributed by atoms with van der Waals surface area (Å²) in [6.07, 6.45) is 2.78. The number of carbonyl (C=O) groups is 4. The molecular formula is C19H20N2O5. The molecule has 1 unspecified atom stereocenters. The third kappa shape index (κ3) is 2.79. The molecule has 0 radical (unpaired) electrons. The van der Waals surface area contributed by atoms with Crippen molar-refractivity contribution in [2.24, 2.45) is 0 Å². The average molecular weight is 356 g/mol. The molecule has 0 bridgehead atoms. The largest absolute Gasteiger partial charge is 0.467 e. The Morgan fingerprint density at radius 3 is 2.42 bits per heavy atom. The minimum absolute atomic E-state index is 0.120. The highest BCUT2D eigenvalue weighted by Crippen LogP contribution is 2.28. The molecule has 1 saturated heterocycles. The Hall–Kier alpha value is -2.96. The Morgan fingerprint density at radius 2 is 1.88 bits per heavy atom. The van der Waals surface area contributed by atoms with Crippen molar-refractivity contribution < 1.29 is 23.9 Å². The van der Waals surface area contributed by atoms with Gasteiger partial charge in [-0.15, -0.1) is 6.58 Å². The predicted molar refractivity (Wildman–Crippen MR) is 92.3 cm³/mol. The highest BCUT2D eigenvalue weighted by molar-refractivity contribution is 6.22. The molecular weight excluding hydrogens is 336 g/mol. The number of esters is 1. The maximum Gasteiger partial charge on any atom is 0.328 e. The molecule has 2 heterocycles. The lowest BCUT2D eigenvalue weighted by Gasteiger charge is -2.31. The Bertz CT molecular complexity index is 753. The lowest BCUT2D eigenvalue weighted by molar-refractivity contribution is -0.152. The van der Waals surface area contributed by atoms with Crippen molar-refractivity contribution >= 4 is 23.7 Å². The Balaban J connectivity index is 1.92. The SMILES string of the molecule is C=CCC(C(=O)N1CCC[C@H]1C(=O)OC)N1C(=O)c2ccccc2C1=O. The van der Waals surface area contributed by atoms with Gasteiger partial charge in [0.1, 0.15) is 12.1 Å². The van der Waals surface area contributed by atoms with Crippen LogP contribution in [0.5, 0.6) is 0 Å². The summed E-state index contributed by atoms with van der Waals surface area (Å²) in [6.45, 7) is 4.02. The number of hydrogen-bond acceptors (Lipinski definition) is 5. The molecule has 2 atom stereocenters. The van der Waals surface area contributed by atoms with Crippen LogP contribution in [0, 0.1) is 0 Å². The first kappa shape index (κ1) is 17.8. The highest BCUT2D eigenvalue weighted by atomic mass is 16.5. The van der Waals surface area contributed by atoms with Gasteiger partial charge < -0.3 is 9.64 Å². The number of ether oxygens (including phenoxy) is 1. The summed E-state index contributed by atoms with van der Waals surface area (Å²) in [5.74, 6) is -1.93. The van der Waals surface area contributed by atoms with E-state index in [-0.39, 0.29) is 17.5 Å². The number of imide groups is 1. The molecule has 7 heteroatoms. The van der Waals surface area contributed by atoms with Crippen molar-refractivity contribution in [2.75, 3.05) is 13.7 Å². The van der Waals surface area contributed by atoms with Crippen LogP contribution < -0.4 is 0 Å². The van der Waals surface area contributed by atoms with Crippen molar-refractivity contribution in [3.05, 3.63) is 48.0 Å². The van der Waals surface area contributed by atoms with Gasteiger partial charge in [0.25, 0.3) is 11.8 Å². The number of benzene rings is 1. The third-order valence-electron chi connectivity index (χ3n) is 4.82. The zero-order valence-corrected chi connectivity index (χ0v) is 14.5. The van der Waals surface area contributed by atoms with Gasteiger partial charge in [0, 0.05) is 6.54 Å². The summed E-state index contributed by atoms with van der Waals surface area (Å²) in [7, 11) is 1.27. The number of methoxy groups -OCH3 is 1. The second-order valence-electron chi connectivity index (χ2n) is 6.28. The number of amides is 3. The fourth-order valence-corrected chi connectivity index (χ4v) is 3.57. The normalized spacial score (nSPS) is 20.1. The average Bonchev–Trinajstić information content (AvgIpc) is 3.24. The van der Waals surface area contributed by atoms with E-state index in [0.29, 0.717) is 19.4 Å². The van der Waals surface area contributed by atoms with Crippen LogP contribution in [0.25, 0.3) is 0 Å². The van der Waals surface area contributed by atoms with E-state index in [1.165, 1.54) is 18.1 Å². The molecule has 136 valence electrons. The minimum atomic E-state index is -1.02. The number of hydrogen-bond donors (Lipinski definition) is 0. The molecule has 0 aromatic heterocycles. The van der Waals surface area contributed by atoms with Gasteiger partial charge in [-0.3, -0.25) is 19.3 Å². The summed E-state index contributed by atoms with van der Waals surface area (Å²) in [5.41, 5.74) is 0.565. The fourth-order valence-electron chi connectivity index (χ4n) is 3.57. The van der Waals surface area contributed by atoms with Crippen molar-refractivity contribution in [2.45, 2.75) is 31.3 Å². The van der Waals surface area contributed by atoms with Gasteiger partial charge in [-0.2, -0.15) is 0 Å². The van der Waals surface area contributed by atoms with Gasteiger partial charge in [0.15, 0.2) is 0 Å². The highest BCUT2D eigenvalue weighted by Gasteiger charge is 2.46. The number of carbonyl (C=O) groups excluding carboxylic acids is 4. The first-order chi connectivity index (χ1) is 12.5. The van der Waals surface area contributed by atoms with Crippen LogP contribution in [0.4, 0.5) is 0 Å². The van der Waals surface area contributed by atoms with E-state index in [0.717, 1.165) is 4.90 Å². The predicted octanol–water partition coefficient (Wildman–Crippen LogP) is 1.39. The van der Waals surface area contributed by atoms with Gasteiger partial charge in [-0.1, -0.05) is 18.2 Å². The molecule has 2 aliphatic heterocycles. The Labute approximate surface area is 151 Å². The van der Waals surface area contributed by atoms with Crippen molar-refractivity contribution in [3.8, 4) is 0 Å². The topological polar surface area (TPSA) is 84.0 Å². The number of fused-ring (bicyclic) bond motifs is 1. The lowest BCUT2D eigenvalue weighted by atomic mass is 10.1. The minimum Gasteiger partial charge on any atom is -0.467 e. The first-order valence-electron chi connectivity index (χ1n) is 8.47. The van der Waals surface area contributed by atoms with Crippen molar-refractivity contribution in [3.63, 3.8) is 0 Å². The van der Waals surface area contributed by atoms with Crippen LogP contribution in [0.1, 0.15) is 40.0 Å². The second-order valence-corrected chi connectivity index (χ2v) is 6.28. The monoisotopic (exact) mass is 356 g/mol. The van der Waals surface area contributed by atoms with E-state index in [9.17, 15) is 19.2 Å². The van der Waals surface area contributed by atoms with Crippen LogP contribution in [0.15, 0.2) is 36.9 Å². The van der Waals surface area contributed by atoms with E-state index in [4.69, 9.17) is 4.74 Å². The first-order valence-corrected chi connectivity index (χ1v) is 8.47. The zero-order valence-electron chi connectivity index (χ0n) is 14.5. The molecule has 0 spiro atoms. The smallest absolute Gasteiger partial charge is 0.328 e. The summed E-state index contributed by atoms with van der Waals surface area (Å²) in [5, 5.41) is 0. The fraction of sp³-hybridized carbons (Fsp3) is 0.368. The molecule has 26 heavy (non-hydrogen) atoms. The Morgan fingerprint density at radius 1 is 1.27 bits per heavy atom. The molecule has 0 N–H and O–H groups in total. The van der Waals surface area contributed by atoms with Crippen LogP contribution in [0.2, 0.25) is 0 Å². The molecule has 3 amide bonds. The summed E-state index contributed by atoms with van der Waals surface area (Å²) in [4.78, 5) is 52.9. The molecule has 1 aromatic rings. The maximum atomic E-state index is 13.1. The van der Waals surface area contributed by atoms with E-state index in [1.54, 1.807) is 24.3 Å². The second kappa shape index (κ2) is 7.11. The quantitative estimate of drug-likeness (QED) is 0.452. The van der Waals surface area contributed by atoms with Gasteiger partial charge in [0.05, 0.1) is 18.2 Å². The molecule has 0 saturated carbocycles. The van der Waals surface area contributed by atoms with E-state index in [1.807, 2.05) is 0 Å². The van der Waals surface area contributed by atoms with Crippen LogP contribution in [-0.4, -0.2) is 59.2 Å². The molecule has 3 rings (SSSR count). The summed E-state index contributed by atoms with van der Waals surface area (Å²) < 4.78 is 4.77. The van der Waals surface area contributed by atoms with Gasteiger partial charge in [-0.05, 0) is 31.4 Å². The van der Waals surface area contributed by atoms with Crippen molar-refractivity contribution in [1.82, 2.24) is 9.80 Å². The number of rotatable bonds is 5. The standard InChI is InChI=1S/C19H20N2O5/c1-3-7-14(18(24)20-11-6-10-15(20)19(25)26-2)21-16(22)12-8-4-5-9-13(12)17(21)23/h3-5,8-9,14-15H,1,6-7,10-11H2,2H3/t14?,15-/m0/s1. The van der Waals surface area contributed by atoms with Gasteiger partial charge in [-0.25, -0.2) is 4.79 Å². The molecule has 0 aliphatic carbocycles. The summed E-state index contributed by atoms with van der Waals surface area (Å²) in [6, 6.07) is 4.77. The Kier molecular flexibility index (Phi) is 4.88. The summed E-state index contributed by atoms with van der Waals surface area (Å²) >= 11 is 0. The lowest BCUT2D eigenvalue weighted by Crippen LogP contribution is -2.53. The molecule has 2 aliphatic rings. The number of likely N-dealkylation sites (tertiary alicyclic amines) is 1. The molecule has 7 nitrogen and oxygen atoms in total. The molecule has 1 fully saturated rings. The maximum absolute atomic E-state index is 13.1. The van der Waals surface area contributed by atoms with Crippen LogP contribution in [-0.2, 0) is 14.3 Å². The van der Waals surface area contributed by atoms with E-state index < -0.39 is 35.8 Å². The van der Waals surface area contributed by atoms with E-state index in [2.05, 4.69) is 6.58 Å². The third-order valence-corrected chi connectivity index (χ3v) is 4.82. The zero-order chi connectivity index (χ0) is 18.8. The van der Waals surface area contributed by atoms with Gasteiger partial charge in [0.2, 0.25) is 5.91 Å². The van der Waals surface area contributed by atoms with Crippen molar-refractivity contribution in [1.29, 1.82) is 0 Å². The van der Waals surface area contributed by atoms with Crippen LogP contribution >= 0.6 is 0 Å². The number of nitrogens with zero attached hydrogens (tertiary/aromatic N) is 2. The van der Waals surface area contributed by atoms with E-state index >= 15 is 0 Å². The molecule has 1 aromatic carbocycles. The van der Waals surface area contributed by atoms with Gasteiger partial charge >= 0.3 is 5.97 Å².